The zero-order valence-electron chi connectivity index (χ0n) is 25.6. The molecule has 0 saturated carbocycles. The minimum atomic E-state index is -5.81. The first-order chi connectivity index (χ1) is 22.3. The van der Waals surface area contributed by atoms with Gasteiger partial charge in [0.1, 0.15) is 17.8 Å². The zero-order valence-corrected chi connectivity index (χ0v) is 26.5. The van der Waals surface area contributed by atoms with Gasteiger partial charge >= 0.3 is 13.3 Å². The van der Waals surface area contributed by atoms with Crippen molar-refractivity contribution in [3.8, 4) is 0 Å². The van der Waals surface area contributed by atoms with Gasteiger partial charge in [-0.15, -0.1) is 0 Å². The summed E-state index contributed by atoms with van der Waals surface area (Å²) in [6.07, 6.45) is 3.17. The van der Waals surface area contributed by atoms with Gasteiger partial charge in [0.2, 0.25) is 17.7 Å². The van der Waals surface area contributed by atoms with Crippen molar-refractivity contribution in [3.05, 3.63) is 71.4 Å². The molecule has 4 N–H and O–H groups in total. The van der Waals surface area contributed by atoms with Gasteiger partial charge in [0.25, 0.3) is 5.91 Å². The van der Waals surface area contributed by atoms with Crippen LogP contribution in [0.15, 0.2) is 54.6 Å². The lowest BCUT2D eigenvalue weighted by atomic mass is 10.0. The Morgan fingerprint density at radius 3 is 2.45 bits per heavy atom. The van der Waals surface area contributed by atoms with Crippen molar-refractivity contribution in [3.63, 3.8) is 0 Å². The number of hydrogen-bond donors (Lipinski definition) is 4. The number of amides is 4. The van der Waals surface area contributed by atoms with Crippen LogP contribution in [-0.2, 0) is 24.6 Å². The van der Waals surface area contributed by atoms with E-state index in [2.05, 4.69) is 10.3 Å². The first-order valence-corrected chi connectivity index (χ1v) is 17.2. The van der Waals surface area contributed by atoms with Crippen molar-refractivity contribution in [1.82, 2.24) is 25.0 Å². The van der Waals surface area contributed by atoms with Crippen LogP contribution in [0.25, 0.3) is 10.9 Å². The average molecular weight is 672 g/mol. The maximum Gasteiger partial charge on any atom is 0.399 e. The number of carbonyl (C=O) groups is 4. The lowest BCUT2D eigenvalue weighted by Crippen LogP contribution is -2.61. The lowest BCUT2D eigenvalue weighted by molar-refractivity contribution is -0.149. The molecule has 47 heavy (non-hydrogen) atoms. The molecule has 4 amide bonds. The molecule has 15 heteroatoms. The van der Waals surface area contributed by atoms with Crippen LogP contribution in [0.2, 0.25) is 0 Å². The fraction of sp³-hybridized carbons (Fsp3) is 0.438. The Morgan fingerprint density at radius 2 is 1.74 bits per heavy atom. The van der Waals surface area contributed by atoms with E-state index >= 15 is 0 Å². The second-order valence-electron chi connectivity index (χ2n) is 12.4. The van der Waals surface area contributed by atoms with E-state index in [4.69, 9.17) is 9.79 Å². The summed E-state index contributed by atoms with van der Waals surface area (Å²) in [7, 11) is -5.81. The van der Waals surface area contributed by atoms with Gasteiger partial charge in [0, 0.05) is 49.1 Å². The van der Waals surface area contributed by atoms with Crippen LogP contribution in [0.5, 0.6) is 0 Å². The van der Waals surface area contributed by atoms with Gasteiger partial charge in [-0.3, -0.25) is 23.7 Å². The van der Waals surface area contributed by atoms with Gasteiger partial charge in [0.15, 0.2) is 0 Å². The molecule has 1 unspecified atom stereocenters. The van der Waals surface area contributed by atoms with Crippen molar-refractivity contribution in [2.24, 2.45) is 0 Å². The van der Waals surface area contributed by atoms with Crippen molar-refractivity contribution in [1.29, 1.82) is 0 Å². The van der Waals surface area contributed by atoms with Gasteiger partial charge in [-0.05, 0) is 55.9 Å². The highest BCUT2D eigenvalue weighted by Crippen LogP contribution is 2.59. The normalized spacial score (nSPS) is 23.9. The molecule has 0 aliphatic carbocycles. The Hall–Kier alpha value is -4.13. The maximum absolute atomic E-state index is 14.3. The van der Waals surface area contributed by atoms with E-state index in [9.17, 15) is 32.5 Å². The number of carbonyl (C=O) groups excluding carboxylic acids is 4. The van der Waals surface area contributed by atoms with E-state index in [1.54, 1.807) is 4.90 Å². The largest absolute Gasteiger partial charge is 0.399 e. The fourth-order valence-corrected chi connectivity index (χ4v) is 7.58. The number of aromatic amines is 1. The number of aromatic nitrogens is 1. The number of benzene rings is 2. The molecule has 250 valence electrons. The van der Waals surface area contributed by atoms with Crippen LogP contribution in [0.3, 0.4) is 0 Å². The second-order valence-corrected chi connectivity index (χ2v) is 14.1. The molecule has 1 aromatic heterocycles. The molecule has 0 bridgehead atoms. The predicted octanol–water partition coefficient (Wildman–Crippen LogP) is 3.47. The summed E-state index contributed by atoms with van der Waals surface area (Å²) in [5.41, 5.74) is -4.16. The molecule has 6 rings (SSSR count). The van der Waals surface area contributed by atoms with Gasteiger partial charge in [-0.1, -0.05) is 36.4 Å². The molecule has 3 aliphatic rings. The van der Waals surface area contributed by atoms with E-state index in [1.807, 2.05) is 35.2 Å². The summed E-state index contributed by atoms with van der Waals surface area (Å²) in [6.45, 7) is 2.15. The number of nitrogens with one attached hydrogen (secondary N) is 2. The number of fused-ring (bicyclic) bond motifs is 2. The second kappa shape index (κ2) is 12.5. The molecule has 3 fully saturated rings. The summed E-state index contributed by atoms with van der Waals surface area (Å²) in [4.78, 5) is 80.3. The molecule has 0 spiro atoms. The molecule has 4 atom stereocenters. The summed E-state index contributed by atoms with van der Waals surface area (Å²) in [5, 5.41) is 2.79. The zero-order chi connectivity index (χ0) is 33.7. The van der Waals surface area contributed by atoms with Crippen LogP contribution in [-0.4, -0.2) is 90.9 Å². The minimum absolute atomic E-state index is 0.0887. The Bertz CT molecular complexity index is 1760. The molecule has 3 saturated heterocycles. The third-order valence-corrected chi connectivity index (χ3v) is 10.5. The van der Waals surface area contributed by atoms with Gasteiger partial charge in [0.05, 0.1) is 6.04 Å². The molecular weight excluding hydrogens is 635 g/mol. The number of nitrogens with zero attached hydrogens (tertiary/aromatic N) is 3. The number of alkyl halides is 2. The summed E-state index contributed by atoms with van der Waals surface area (Å²) >= 11 is 0. The molecule has 3 aliphatic heterocycles. The van der Waals surface area contributed by atoms with Crippen LogP contribution in [0.1, 0.15) is 66.7 Å². The fourth-order valence-electron chi connectivity index (χ4n) is 7.10. The molecule has 3 aromatic rings. The third kappa shape index (κ3) is 6.17. The molecular formula is C32H36F2N5O7P. The Balaban J connectivity index is 1.26. The topological polar surface area (TPSA) is 163 Å². The van der Waals surface area contributed by atoms with Crippen LogP contribution in [0.4, 0.5) is 8.78 Å². The van der Waals surface area contributed by atoms with Crippen molar-refractivity contribution in [2.75, 3.05) is 19.6 Å². The predicted molar refractivity (Wildman–Crippen MR) is 166 cm³/mol. The molecule has 4 heterocycles. The average Bonchev–Trinajstić information content (AvgIpc) is 3.79. The van der Waals surface area contributed by atoms with Gasteiger partial charge in [-0.25, -0.2) is 0 Å². The molecule has 0 radical (unpaired) electrons. The summed E-state index contributed by atoms with van der Waals surface area (Å²) < 4.78 is 40.0. The Kier molecular flexibility index (Phi) is 8.71. The van der Waals surface area contributed by atoms with Crippen molar-refractivity contribution < 1.29 is 42.3 Å². The number of H-pyrrole nitrogens is 1. The highest BCUT2D eigenvalue weighted by molar-refractivity contribution is 7.52. The highest BCUT2D eigenvalue weighted by Gasteiger charge is 2.51. The van der Waals surface area contributed by atoms with Crippen LogP contribution >= 0.6 is 7.60 Å². The molecule has 12 nitrogen and oxygen atoms in total. The van der Waals surface area contributed by atoms with E-state index in [-0.39, 0.29) is 47.0 Å². The van der Waals surface area contributed by atoms with E-state index in [0.29, 0.717) is 32.4 Å². The van der Waals surface area contributed by atoms with Gasteiger partial charge < -0.3 is 34.8 Å². The van der Waals surface area contributed by atoms with E-state index < -0.39 is 42.7 Å². The minimum Gasteiger partial charge on any atom is -0.351 e. The summed E-state index contributed by atoms with van der Waals surface area (Å²) in [5.74, 6) is -1.66. The van der Waals surface area contributed by atoms with E-state index in [1.165, 1.54) is 24.0 Å². The van der Waals surface area contributed by atoms with E-state index in [0.717, 1.165) is 30.5 Å². The monoisotopic (exact) mass is 671 g/mol. The Morgan fingerprint density at radius 1 is 1.00 bits per heavy atom. The SMILES string of the molecule is CC(=O)N1CC[C@H]2CC[C@@H](C(=O)N3CCC[C@H]3c3ccccc3)N2C(=O)C(NC(=O)c2cc3cc(C(F)(F)P(=O)(O)O)ccc3[nH]2)C1. The number of halogens is 2. The van der Waals surface area contributed by atoms with Crippen molar-refractivity contribution >= 4 is 42.1 Å². The Labute approximate surface area is 269 Å². The quantitative estimate of drug-likeness (QED) is 0.292. The maximum atomic E-state index is 14.3. The molecule has 2 aromatic carbocycles. The first kappa shape index (κ1) is 32.8. The smallest absolute Gasteiger partial charge is 0.351 e. The highest BCUT2D eigenvalue weighted by atomic mass is 31.2. The standard InChI is InChI=1S/C32H36F2N5O7P/c1-19(40)37-15-13-23-10-12-28(31(43)38-14-5-8-27(38)20-6-3-2-4-7-20)39(23)30(42)26(18-37)36-29(41)25-17-21-16-22(9-11-24(21)35-25)32(33,34)47(44,45)46/h2-4,6-7,9,11,16-17,23,26-28,35H,5,8,10,12-15,18H2,1H3,(H,36,41)(H2,44,45,46)/t23-,26?,27+,28+/m1/s1. The lowest BCUT2D eigenvalue weighted by Gasteiger charge is -2.39. The third-order valence-electron chi connectivity index (χ3n) is 9.52. The van der Waals surface area contributed by atoms with Crippen LogP contribution in [0, 0.1) is 0 Å². The van der Waals surface area contributed by atoms with Crippen molar-refractivity contribution in [2.45, 2.75) is 68.9 Å². The van der Waals surface area contributed by atoms with Gasteiger partial charge in [-0.2, -0.15) is 8.78 Å². The number of rotatable bonds is 6. The number of likely N-dealkylation sites (tertiary alicyclic amines) is 1. The number of hydrogen-bond acceptors (Lipinski definition) is 5. The van der Waals surface area contributed by atoms with Crippen LogP contribution < -0.4 is 5.32 Å². The first-order valence-electron chi connectivity index (χ1n) is 15.6. The summed E-state index contributed by atoms with van der Waals surface area (Å²) in [6, 6.07) is 11.6.